The van der Waals surface area contributed by atoms with Crippen LogP contribution in [0.25, 0.3) is 0 Å². The highest BCUT2D eigenvalue weighted by atomic mass is 32.1. The number of amides is 1. The number of oxime groups is 1. The SMILES string of the molecule is CC(C)(C)c1ccc(C(=O)Nc2nc(CON=C(C#N)C#N)cs2)cc1. The summed E-state index contributed by atoms with van der Waals surface area (Å²) in [4.78, 5) is 21.4. The number of nitrogens with zero attached hydrogens (tertiary/aromatic N) is 4. The van der Waals surface area contributed by atoms with E-state index < -0.39 is 0 Å². The van der Waals surface area contributed by atoms with Gasteiger partial charge in [0.05, 0.1) is 5.69 Å². The monoisotopic (exact) mass is 367 g/mol. The minimum absolute atomic E-state index is 0.000486. The Labute approximate surface area is 155 Å². The van der Waals surface area contributed by atoms with Crippen LogP contribution in [0.1, 0.15) is 42.4 Å². The number of carbonyl (C=O) groups is 1. The Kier molecular flexibility index (Phi) is 6.05. The Morgan fingerprint density at radius 1 is 1.27 bits per heavy atom. The van der Waals surface area contributed by atoms with Crippen molar-refractivity contribution in [1.82, 2.24) is 4.98 Å². The second kappa shape index (κ2) is 8.24. The van der Waals surface area contributed by atoms with Crippen LogP contribution in [0.5, 0.6) is 0 Å². The van der Waals surface area contributed by atoms with Crippen molar-refractivity contribution in [1.29, 1.82) is 10.5 Å². The average Bonchev–Trinajstić information content (AvgIpc) is 3.05. The standard InChI is InChI=1S/C18H17N5O2S/c1-18(2,3)13-6-4-12(5-7-13)16(24)22-17-21-15(11-26-17)10-25-23-14(8-19)9-20/h4-7,11H,10H2,1-3H3,(H,21,22,24). The molecule has 0 aliphatic carbocycles. The van der Waals surface area contributed by atoms with Crippen LogP contribution in [-0.4, -0.2) is 16.6 Å². The van der Waals surface area contributed by atoms with Gasteiger partial charge in [-0.15, -0.1) is 11.3 Å². The number of nitrogens with one attached hydrogen (secondary N) is 1. The molecule has 0 saturated heterocycles. The number of aromatic nitrogens is 1. The maximum absolute atomic E-state index is 12.3. The van der Waals surface area contributed by atoms with E-state index in [0.29, 0.717) is 16.4 Å². The molecule has 26 heavy (non-hydrogen) atoms. The molecular formula is C18H17N5O2S. The molecule has 7 nitrogen and oxygen atoms in total. The molecule has 1 N–H and O–H groups in total. The number of nitriles is 2. The van der Waals surface area contributed by atoms with Crippen molar-refractivity contribution in [3.63, 3.8) is 0 Å². The van der Waals surface area contributed by atoms with Crippen LogP contribution in [0.3, 0.4) is 0 Å². The summed E-state index contributed by atoms with van der Waals surface area (Å²) < 4.78 is 0. The van der Waals surface area contributed by atoms with Gasteiger partial charge in [0.2, 0.25) is 0 Å². The zero-order valence-electron chi connectivity index (χ0n) is 14.6. The second-order valence-corrected chi connectivity index (χ2v) is 7.22. The molecular weight excluding hydrogens is 350 g/mol. The first-order chi connectivity index (χ1) is 12.3. The molecule has 0 atom stereocenters. The smallest absolute Gasteiger partial charge is 0.257 e. The van der Waals surface area contributed by atoms with Crippen LogP contribution >= 0.6 is 11.3 Å². The zero-order chi connectivity index (χ0) is 19.2. The molecule has 0 fully saturated rings. The molecule has 0 radical (unpaired) electrons. The molecule has 0 unspecified atom stereocenters. The van der Waals surface area contributed by atoms with Gasteiger partial charge in [0.25, 0.3) is 11.6 Å². The topological polar surface area (TPSA) is 111 Å². The van der Waals surface area contributed by atoms with E-state index in [1.165, 1.54) is 11.3 Å². The van der Waals surface area contributed by atoms with E-state index in [1.54, 1.807) is 29.7 Å². The lowest BCUT2D eigenvalue weighted by Crippen LogP contribution is -2.14. The molecule has 2 rings (SSSR count). The van der Waals surface area contributed by atoms with Crippen LogP contribution in [0.2, 0.25) is 0 Å². The molecule has 1 aromatic carbocycles. The molecule has 2 aromatic rings. The van der Waals surface area contributed by atoms with E-state index in [2.05, 4.69) is 36.2 Å². The summed E-state index contributed by atoms with van der Waals surface area (Å²) in [6.07, 6.45) is 0. The predicted octanol–water partition coefficient (Wildman–Crippen LogP) is 3.61. The van der Waals surface area contributed by atoms with Crippen molar-refractivity contribution in [2.45, 2.75) is 32.8 Å². The Bertz CT molecular complexity index is 879. The Morgan fingerprint density at radius 3 is 2.50 bits per heavy atom. The van der Waals surface area contributed by atoms with Crippen LogP contribution in [0, 0.1) is 22.7 Å². The minimum atomic E-state index is -0.368. The quantitative estimate of drug-likeness (QED) is 0.641. The van der Waals surface area contributed by atoms with Crippen molar-refractivity contribution >= 4 is 28.1 Å². The van der Waals surface area contributed by atoms with Crippen LogP contribution < -0.4 is 5.32 Å². The summed E-state index contributed by atoms with van der Waals surface area (Å²) in [5, 5.41) is 25.3. The van der Waals surface area contributed by atoms with E-state index in [4.69, 9.17) is 15.4 Å². The van der Waals surface area contributed by atoms with Crippen LogP contribution in [0.15, 0.2) is 34.8 Å². The van der Waals surface area contributed by atoms with E-state index in [0.717, 1.165) is 5.56 Å². The minimum Gasteiger partial charge on any atom is -0.388 e. The van der Waals surface area contributed by atoms with Crippen LogP contribution in [0.4, 0.5) is 5.13 Å². The number of anilines is 1. The van der Waals surface area contributed by atoms with E-state index >= 15 is 0 Å². The lowest BCUT2D eigenvalue weighted by Gasteiger charge is -2.18. The third-order valence-electron chi connectivity index (χ3n) is 3.37. The number of benzene rings is 1. The molecule has 132 valence electrons. The van der Waals surface area contributed by atoms with Gasteiger partial charge in [-0.1, -0.05) is 38.1 Å². The molecule has 0 aliphatic heterocycles. The van der Waals surface area contributed by atoms with E-state index in [1.807, 2.05) is 12.1 Å². The molecule has 0 saturated carbocycles. The first-order valence-corrected chi connectivity index (χ1v) is 8.58. The molecule has 1 amide bonds. The fourth-order valence-electron chi connectivity index (χ4n) is 1.95. The number of hydrogen-bond acceptors (Lipinski definition) is 7. The van der Waals surface area contributed by atoms with Crippen molar-refractivity contribution in [2.24, 2.45) is 5.16 Å². The summed E-state index contributed by atoms with van der Waals surface area (Å²) in [7, 11) is 0. The van der Waals surface area contributed by atoms with Gasteiger partial charge in [-0.25, -0.2) is 4.98 Å². The Balaban J connectivity index is 1.96. The first kappa shape index (κ1) is 19.1. The fourth-order valence-corrected chi connectivity index (χ4v) is 2.64. The Hall–Kier alpha value is -3.23. The van der Waals surface area contributed by atoms with Crippen LogP contribution in [-0.2, 0) is 16.9 Å². The van der Waals surface area contributed by atoms with E-state index in [9.17, 15) is 4.79 Å². The third kappa shape index (κ3) is 5.13. The lowest BCUT2D eigenvalue weighted by atomic mass is 9.87. The van der Waals surface area contributed by atoms with Gasteiger partial charge in [0, 0.05) is 10.9 Å². The highest BCUT2D eigenvalue weighted by Crippen LogP contribution is 2.23. The van der Waals surface area contributed by atoms with Crippen molar-refractivity contribution < 1.29 is 9.63 Å². The molecule has 0 aliphatic rings. The first-order valence-electron chi connectivity index (χ1n) is 7.70. The summed E-state index contributed by atoms with van der Waals surface area (Å²) in [6, 6.07) is 10.6. The van der Waals surface area contributed by atoms with Gasteiger partial charge in [0.15, 0.2) is 11.7 Å². The summed E-state index contributed by atoms with van der Waals surface area (Å²) in [6.45, 7) is 6.34. The van der Waals surface area contributed by atoms with Gasteiger partial charge < -0.3 is 4.84 Å². The maximum atomic E-state index is 12.3. The number of carbonyl (C=O) groups excluding carboxylic acids is 1. The molecule has 8 heteroatoms. The molecule has 1 heterocycles. The molecule has 0 spiro atoms. The number of thiazole rings is 1. The van der Waals surface area contributed by atoms with E-state index in [-0.39, 0.29) is 23.6 Å². The van der Waals surface area contributed by atoms with Gasteiger partial charge >= 0.3 is 0 Å². The largest absolute Gasteiger partial charge is 0.388 e. The van der Waals surface area contributed by atoms with Gasteiger partial charge in [-0.2, -0.15) is 10.5 Å². The lowest BCUT2D eigenvalue weighted by molar-refractivity contribution is 0.102. The second-order valence-electron chi connectivity index (χ2n) is 6.36. The van der Waals surface area contributed by atoms with Gasteiger partial charge in [-0.05, 0) is 23.1 Å². The maximum Gasteiger partial charge on any atom is 0.257 e. The Morgan fingerprint density at radius 2 is 1.92 bits per heavy atom. The number of hydrogen-bond donors (Lipinski definition) is 1. The third-order valence-corrected chi connectivity index (χ3v) is 4.17. The zero-order valence-corrected chi connectivity index (χ0v) is 15.4. The fraction of sp³-hybridized carbons (Fsp3) is 0.278. The van der Waals surface area contributed by atoms with Crippen molar-refractivity contribution in [2.75, 3.05) is 5.32 Å². The summed E-state index contributed by atoms with van der Waals surface area (Å²) in [5.74, 6) is -0.249. The molecule has 1 aromatic heterocycles. The summed E-state index contributed by atoms with van der Waals surface area (Å²) in [5.41, 5.74) is 1.89. The normalized spacial score (nSPS) is 10.3. The number of rotatable bonds is 5. The highest BCUT2D eigenvalue weighted by Gasteiger charge is 2.15. The molecule has 0 bridgehead atoms. The van der Waals surface area contributed by atoms with Gasteiger partial charge in [-0.3, -0.25) is 10.1 Å². The summed E-state index contributed by atoms with van der Waals surface area (Å²) >= 11 is 1.25. The van der Waals surface area contributed by atoms with Crippen molar-refractivity contribution in [3.05, 3.63) is 46.5 Å². The van der Waals surface area contributed by atoms with Crippen molar-refractivity contribution in [3.8, 4) is 12.1 Å². The average molecular weight is 367 g/mol. The highest BCUT2D eigenvalue weighted by molar-refractivity contribution is 7.13. The predicted molar refractivity (Wildman–Crippen MR) is 98.7 cm³/mol. The van der Waals surface area contributed by atoms with Gasteiger partial charge in [0.1, 0.15) is 12.1 Å².